The van der Waals surface area contributed by atoms with E-state index in [4.69, 9.17) is 21.3 Å². The molecule has 126 valence electrons. The van der Waals surface area contributed by atoms with Crippen molar-refractivity contribution in [2.45, 2.75) is 0 Å². The molecule has 0 saturated heterocycles. The second-order valence-electron chi connectivity index (χ2n) is 5.43. The number of H-pyrrole nitrogens is 1. The molecule has 0 bridgehead atoms. The largest absolute Gasteiger partial charge is 0.442 e. The second-order valence-corrected chi connectivity index (χ2v) is 5.81. The van der Waals surface area contributed by atoms with E-state index in [1.165, 1.54) is 6.39 Å². The molecule has 2 heterocycles. The molecule has 0 saturated carbocycles. The fourth-order valence-electron chi connectivity index (χ4n) is 2.60. The third kappa shape index (κ3) is 2.68. The van der Waals surface area contributed by atoms with Crippen LogP contribution in [0.15, 0.2) is 53.4 Å². The molecule has 4 aromatic rings. The van der Waals surface area contributed by atoms with E-state index in [9.17, 15) is 4.79 Å². The summed E-state index contributed by atoms with van der Waals surface area (Å²) in [6, 6.07) is 12.0. The zero-order valence-electron chi connectivity index (χ0n) is 13.2. The minimum atomic E-state index is -0.406. The molecule has 0 unspecified atom stereocenters. The standard InChI is InChI=1S/C18H10ClN5O2/c19-16-10(7-20)2-1-3-12(16)18(25)22-11-4-5-14-13(6-11)17(24-23-14)15-8-21-9-26-15/h1-6,8-9H,(H,22,25)(H,23,24). The summed E-state index contributed by atoms with van der Waals surface area (Å²) in [5.41, 5.74) is 2.42. The van der Waals surface area contributed by atoms with E-state index < -0.39 is 5.91 Å². The zero-order valence-corrected chi connectivity index (χ0v) is 13.9. The molecule has 0 fully saturated rings. The molecule has 1 amide bonds. The van der Waals surface area contributed by atoms with Gasteiger partial charge in [0.25, 0.3) is 5.91 Å². The van der Waals surface area contributed by atoms with Crippen molar-refractivity contribution in [3.8, 4) is 17.5 Å². The van der Waals surface area contributed by atoms with Crippen LogP contribution < -0.4 is 5.32 Å². The molecule has 0 atom stereocenters. The number of anilines is 1. The quantitative estimate of drug-likeness (QED) is 0.572. The summed E-state index contributed by atoms with van der Waals surface area (Å²) in [7, 11) is 0. The number of nitrogens with zero attached hydrogens (tertiary/aromatic N) is 3. The molecule has 7 nitrogen and oxygen atoms in total. The highest BCUT2D eigenvalue weighted by atomic mass is 35.5. The van der Waals surface area contributed by atoms with E-state index in [0.717, 1.165) is 10.9 Å². The third-order valence-electron chi connectivity index (χ3n) is 3.85. The average molecular weight is 364 g/mol. The molecule has 2 aromatic heterocycles. The van der Waals surface area contributed by atoms with Gasteiger partial charge in [-0.1, -0.05) is 17.7 Å². The number of carbonyl (C=O) groups excluding carboxylic acids is 1. The summed E-state index contributed by atoms with van der Waals surface area (Å²) in [4.78, 5) is 16.4. The van der Waals surface area contributed by atoms with Crippen LogP contribution in [-0.2, 0) is 0 Å². The summed E-state index contributed by atoms with van der Waals surface area (Å²) >= 11 is 6.12. The van der Waals surface area contributed by atoms with Crippen molar-refractivity contribution in [1.82, 2.24) is 15.2 Å². The highest BCUT2D eigenvalue weighted by Gasteiger charge is 2.15. The number of nitriles is 1. The van der Waals surface area contributed by atoms with Gasteiger partial charge in [-0.05, 0) is 30.3 Å². The van der Waals surface area contributed by atoms with E-state index in [-0.39, 0.29) is 16.1 Å². The van der Waals surface area contributed by atoms with Crippen LogP contribution in [0.25, 0.3) is 22.4 Å². The molecule has 0 radical (unpaired) electrons. The first kappa shape index (κ1) is 15.9. The number of amides is 1. The lowest BCUT2D eigenvalue weighted by atomic mass is 10.1. The lowest BCUT2D eigenvalue weighted by Gasteiger charge is -2.08. The summed E-state index contributed by atoms with van der Waals surface area (Å²) in [6.07, 6.45) is 2.89. The lowest BCUT2D eigenvalue weighted by Crippen LogP contribution is -2.12. The van der Waals surface area contributed by atoms with Gasteiger partial charge in [-0.15, -0.1) is 0 Å². The summed E-state index contributed by atoms with van der Waals surface area (Å²) in [5, 5.41) is 19.9. The van der Waals surface area contributed by atoms with Gasteiger partial charge in [-0.3, -0.25) is 9.89 Å². The van der Waals surface area contributed by atoms with Gasteiger partial charge < -0.3 is 9.73 Å². The van der Waals surface area contributed by atoms with Crippen molar-refractivity contribution < 1.29 is 9.21 Å². The van der Waals surface area contributed by atoms with Crippen LogP contribution in [-0.4, -0.2) is 21.1 Å². The topological polar surface area (TPSA) is 108 Å². The van der Waals surface area contributed by atoms with Gasteiger partial charge in [0, 0.05) is 11.1 Å². The average Bonchev–Trinajstić information content (AvgIpc) is 3.30. The molecule has 2 N–H and O–H groups in total. The summed E-state index contributed by atoms with van der Waals surface area (Å²) < 4.78 is 5.29. The molecule has 0 aliphatic heterocycles. The van der Waals surface area contributed by atoms with Gasteiger partial charge in [-0.25, -0.2) is 4.98 Å². The van der Waals surface area contributed by atoms with Crippen molar-refractivity contribution in [2.24, 2.45) is 0 Å². The predicted molar refractivity (Wildman–Crippen MR) is 95.7 cm³/mol. The Labute approximate surface area is 152 Å². The minimum absolute atomic E-state index is 0.124. The van der Waals surface area contributed by atoms with Gasteiger partial charge >= 0.3 is 0 Å². The number of fused-ring (bicyclic) bond motifs is 1. The smallest absolute Gasteiger partial charge is 0.257 e. The van der Waals surface area contributed by atoms with Crippen LogP contribution in [0.4, 0.5) is 5.69 Å². The van der Waals surface area contributed by atoms with Gasteiger partial charge in [0.2, 0.25) is 0 Å². The van der Waals surface area contributed by atoms with Crippen molar-refractivity contribution in [2.75, 3.05) is 5.32 Å². The van der Waals surface area contributed by atoms with Gasteiger partial charge in [0.05, 0.1) is 27.9 Å². The molecule has 2 aromatic carbocycles. The van der Waals surface area contributed by atoms with Crippen LogP contribution in [0.3, 0.4) is 0 Å². The maximum atomic E-state index is 12.5. The number of hydrogen-bond donors (Lipinski definition) is 2. The van der Waals surface area contributed by atoms with Crippen molar-refractivity contribution in [3.05, 3.63) is 65.1 Å². The number of aromatic nitrogens is 3. The van der Waals surface area contributed by atoms with Gasteiger partial charge in [-0.2, -0.15) is 10.4 Å². The number of rotatable bonds is 3. The monoisotopic (exact) mass is 363 g/mol. The minimum Gasteiger partial charge on any atom is -0.442 e. The number of hydrogen-bond acceptors (Lipinski definition) is 5. The molecule has 4 rings (SSSR count). The highest BCUT2D eigenvalue weighted by Crippen LogP contribution is 2.29. The Balaban J connectivity index is 1.69. The fourth-order valence-corrected chi connectivity index (χ4v) is 2.86. The van der Waals surface area contributed by atoms with Crippen LogP contribution in [0.5, 0.6) is 0 Å². The molecule has 26 heavy (non-hydrogen) atoms. The number of halogens is 1. The first-order valence-electron chi connectivity index (χ1n) is 7.54. The first-order chi connectivity index (χ1) is 12.7. The second kappa shape index (κ2) is 6.35. The van der Waals surface area contributed by atoms with Crippen LogP contribution in [0, 0.1) is 11.3 Å². The highest BCUT2D eigenvalue weighted by molar-refractivity contribution is 6.35. The lowest BCUT2D eigenvalue weighted by molar-refractivity contribution is 0.102. The van der Waals surface area contributed by atoms with Crippen molar-refractivity contribution in [1.29, 1.82) is 5.26 Å². The maximum absolute atomic E-state index is 12.5. The Morgan fingerprint density at radius 3 is 2.96 bits per heavy atom. The molecule has 0 aliphatic rings. The normalized spacial score (nSPS) is 10.6. The predicted octanol–water partition coefficient (Wildman–Crippen LogP) is 4.00. The molecule has 8 heteroatoms. The number of oxazole rings is 1. The molecule has 0 aliphatic carbocycles. The Hall–Kier alpha value is -3.63. The van der Waals surface area contributed by atoms with Gasteiger partial charge in [0.15, 0.2) is 12.2 Å². The Kier molecular flexibility index (Phi) is 3.88. The molecular weight excluding hydrogens is 354 g/mol. The first-order valence-corrected chi connectivity index (χ1v) is 7.92. The van der Waals surface area contributed by atoms with E-state index in [1.54, 1.807) is 42.6 Å². The van der Waals surface area contributed by atoms with Crippen LogP contribution in [0.2, 0.25) is 5.02 Å². The third-order valence-corrected chi connectivity index (χ3v) is 4.26. The molecular formula is C18H10ClN5O2. The van der Waals surface area contributed by atoms with Crippen LogP contribution >= 0.6 is 11.6 Å². The SMILES string of the molecule is N#Cc1cccc(C(=O)Nc2ccc3[nH]nc(-c4cnco4)c3c2)c1Cl. The van der Waals surface area contributed by atoms with Crippen molar-refractivity contribution >= 4 is 34.1 Å². The number of benzene rings is 2. The number of aromatic amines is 1. The number of carbonyl (C=O) groups is 1. The Morgan fingerprint density at radius 1 is 1.31 bits per heavy atom. The molecule has 0 spiro atoms. The van der Waals surface area contributed by atoms with E-state index >= 15 is 0 Å². The summed E-state index contributed by atoms with van der Waals surface area (Å²) in [5.74, 6) is 0.112. The van der Waals surface area contributed by atoms with Gasteiger partial charge in [0.1, 0.15) is 11.8 Å². The van der Waals surface area contributed by atoms with E-state index in [0.29, 0.717) is 17.1 Å². The Morgan fingerprint density at radius 2 is 2.19 bits per heavy atom. The zero-order chi connectivity index (χ0) is 18.1. The number of nitrogens with one attached hydrogen (secondary N) is 2. The van der Waals surface area contributed by atoms with E-state index in [2.05, 4.69) is 20.5 Å². The van der Waals surface area contributed by atoms with Crippen LogP contribution in [0.1, 0.15) is 15.9 Å². The maximum Gasteiger partial charge on any atom is 0.257 e. The Bertz CT molecular complexity index is 1160. The summed E-state index contributed by atoms with van der Waals surface area (Å²) in [6.45, 7) is 0. The fraction of sp³-hybridized carbons (Fsp3) is 0. The van der Waals surface area contributed by atoms with E-state index in [1.807, 2.05) is 6.07 Å². The van der Waals surface area contributed by atoms with Crippen molar-refractivity contribution in [3.63, 3.8) is 0 Å².